The van der Waals surface area contributed by atoms with Gasteiger partial charge in [-0.15, -0.1) is 0 Å². The number of carboxylic acids is 1. The number of benzene rings is 2. The van der Waals surface area contributed by atoms with Crippen LogP contribution in [-0.2, 0) is 17.6 Å². The predicted octanol–water partition coefficient (Wildman–Crippen LogP) is 7.08. The van der Waals surface area contributed by atoms with Gasteiger partial charge in [-0.25, -0.2) is 4.79 Å². The molecular weight excluding hydrogens is 484 g/mol. The molecule has 0 atom stereocenters. The first kappa shape index (κ1) is 26.9. The van der Waals surface area contributed by atoms with Gasteiger partial charge in [0, 0.05) is 24.5 Å². The maximum Gasteiger partial charge on any atom is 0.339 e. The van der Waals surface area contributed by atoms with Crippen molar-refractivity contribution in [3.63, 3.8) is 0 Å². The molecule has 7 heteroatoms. The van der Waals surface area contributed by atoms with Gasteiger partial charge in [0.15, 0.2) is 0 Å². The van der Waals surface area contributed by atoms with E-state index in [1.807, 2.05) is 43.3 Å². The summed E-state index contributed by atoms with van der Waals surface area (Å²) in [5.41, 5.74) is 2.74. The van der Waals surface area contributed by atoms with Crippen LogP contribution in [-0.4, -0.2) is 29.4 Å². The summed E-state index contributed by atoms with van der Waals surface area (Å²) in [6, 6.07) is 12.8. The highest BCUT2D eigenvalue weighted by Crippen LogP contribution is 2.36. The number of phenolic OH excluding ortho intramolecular Hbond substituents is 1. The van der Waals surface area contributed by atoms with Gasteiger partial charge in [0.1, 0.15) is 34.5 Å². The summed E-state index contributed by atoms with van der Waals surface area (Å²) in [7, 11) is 0. The smallest absolute Gasteiger partial charge is 0.339 e. The maximum atomic E-state index is 11.6. The highest BCUT2D eigenvalue weighted by molar-refractivity contribution is 5.90. The second-order valence-corrected chi connectivity index (χ2v) is 9.03. The number of hydrogen-bond acceptors (Lipinski definition) is 6. The molecule has 0 saturated heterocycles. The minimum atomic E-state index is -0.990. The molecule has 0 saturated carbocycles. The topological polar surface area (TPSA) is 98.4 Å². The Bertz CT molecular complexity index is 1300. The Labute approximate surface area is 223 Å². The van der Waals surface area contributed by atoms with Gasteiger partial charge in [0.2, 0.25) is 0 Å². The van der Waals surface area contributed by atoms with E-state index in [4.69, 9.17) is 18.6 Å². The molecule has 2 aromatic carbocycles. The zero-order valence-electron chi connectivity index (χ0n) is 21.9. The van der Waals surface area contributed by atoms with Gasteiger partial charge >= 0.3 is 5.97 Å². The predicted molar refractivity (Wildman–Crippen MR) is 145 cm³/mol. The number of carbonyl (C=O) groups is 1. The second kappa shape index (κ2) is 12.9. The zero-order chi connectivity index (χ0) is 26.9. The van der Waals surface area contributed by atoms with Crippen LogP contribution in [0.3, 0.4) is 0 Å². The van der Waals surface area contributed by atoms with Gasteiger partial charge in [-0.3, -0.25) is 0 Å². The number of aliphatic carboxylic acids is 1. The Morgan fingerprint density at radius 3 is 2.53 bits per heavy atom. The highest BCUT2D eigenvalue weighted by atomic mass is 16.5. The standard InChI is InChI=1S/C31H34O7/c1-3-10-22-26(13-7-14-28(22)38-29-12-6-5-11-23(29)31(33)34)36-17-9-18-37-30-20-25(32)24(19-21(30)4-2)27-15-8-16-35-27/h5,7-8,11,13-16,19-20,32H,3-4,6,9-10,12,17-18H2,1-2H3,(H,33,34). The largest absolute Gasteiger partial charge is 0.507 e. The molecule has 0 unspecified atom stereocenters. The van der Waals surface area contributed by atoms with Crippen molar-refractivity contribution in [2.45, 2.75) is 52.4 Å². The number of rotatable bonds is 13. The molecule has 0 amide bonds. The Balaban J connectivity index is 1.39. The Morgan fingerprint density at radius 2 is 1.82 bits per heavy atom. The summed E-state index contributed by atoms with van der Waals surface area (Å²) >= 11 is 0. The first-order valence-electron chi connectivity index (χ1n) is 13.1. The van der Waals surface area contributed by atoms with Crippen molar-refractivity contribution >= 4 is 5.97 Å². The average Bonchev–Trinajstić information content (AvgIpc) is 3.45. The summed E-state index contributed by atoms with van der Waals surface area (Å²) in [5.74, 6) is 2.20. The van der Waals surface area contributed by atoms with E-state index in [1.165, 1.54) is 0 Å². The lowest BCUT2D eigenvalue weighted by atomic mass is 10.0. The third kappa shape index (κ3) is 6.40. The van der Waals surface area contributed by atoms with Crippen molar-refractivity contribution in [3.05, 3.63) is 83.3 Å². The molecule has 4 rings (SSSR count). The fourth-order valence-corrected chi connectivity index (χ4v) is 4.42. The molecule has 1 heterocycles. The molecule has 200 valence electrons. The Hall–Kier alpha value is -4.13. The number of furan rings is 1. The van der Waals surface area contributed by atoms with E-state index in [1.54, 1.807) is 24.5 Å². The van der Waals surface area contributed by atoms with Gasteiger partial charge in [-0.2, -0.15) is 0 Å². The van der Waals surface area contributed by atoms with E-state index in [0.717, 1.165) is 42.6 Å². The molecule has 0 spiro atoms. The van der Waals surface area contributed by atoms with Crippen LogP contribution in [0.1, 0.15) is 50.7 Å². The fourth-order valence-electron chi connectivity index (χ4n) is 4.42. The van der Waals surface area contributed by atoms with Crippen molar-refractivity contribution < 1.29 is 33.6 Å². The Kier molecular flexibility index (Phi) is 9.14. The monoisotopic (exact) mass is 518 g/mol. The lowest BCUT2D eigenvalue weighted by Gasteiger charge is -2.19. The van der Waals surface area contributed by atoms with Crippen LogP contribution in [0, 0.1) is 0 Å². The molecule has 1 aromatic heterocycles. The molecular formula is C31H34O7. The molecule has 1 aliphatic carbocycles. The van der Waals surface area contributed by atoms with Gasteiger partial charge in [-0.1, -0.05) is 32.4 Å². The third-order valence-electron chi connectivity index (χ3n) is 6.33. The molecule has 0 aliphatic heterocycles. The average molecular weight is 519 g/mol. The molecule has 0 radical (unpaired) electrons. The number of carboxylic acid groups (broad SMARTS) is 1. The van der Waals surface area contributed by atoms with Crippen LogP contribution in [0.15, 0.2) is 76.6 Å². The van der Waals surface area contributed by atoms with Crippen molar-refractivity contribution in [1.29, 1.82) is 0 Å². The number of aromatic hydroxyl groups is 1. The van der Waals surface area contributed by atoms with E-state index < -0.39 is 5.97 Å². The van der Waals surface area contributed by atoms with E-state index in [0.29, 0.717) is 54.6 Å². The second-order valence-electron chi connectivity index (χ2n) is 9.03. The molecule has 0 fully saturated rings. The van der Waals surface area contributed by atoms with Crippen molar-refractivity contribution in [2.75, 3.05) is 13.2 Å². The summed E-state index contributed by atoms with van der Waals surface area (Å²) < 4.78 is 23.7. The third-order valence-corrected chi connectivity index (χ3v) is 6.33. The number of phenols is 1. The van der Waals surface area contributed by atoms with Crippen molar-refractivity contribution in [1.82, 2.24) is 0 Å². The molecule has 3 aromatic rings. The van der Waals surface area contributed by atoms with Gasteiger partial charge in [0.25, 0.3) is 0 Å². The fraction of sp³-hybridized carbons (Fsp3) is 0.323. The quantitative estimate of drug-likeness (QED) is 0.233. The molecule has 0 bridgehead atoms. The summed E-state index contributed by atoms with van der Waals surface area (Å²) in [5, 5.41) is 20.0. The lowest BCUT2D eigenvalue weighted by molar-refractivity contribution is -0.132. The summed E-state index contributed by atoms with van der Waals surface area (Å²) in [6.45, 7) is 4.98. The van der Waals surface area contributed by atoms with Crippen LogP contribution in [0.2, 0.25) is 0 Å². The molecule has 7 nitrogen and oxygen atoms in total. The van der Waals surface area contributed by atoms with Crippen LogP contribution >= 0.6 is 0 Å². The highest BCUT2D eigenvalue weighted by Gasteiger charge is 2.19. The SMILES string of the molecule is CCCc1c(OCCCOc2cc(O)c(-c3ccco3)cc2CC)cccc1OC1=C(C(=O)O)C=CCC1. The van der Waals surface area contributed by atoms with E-state index in [2.05, 4.69) is 6.92 Å². The van der Waals surface area contributed by atoms with Crippen LogP contribution in [0.25, 0.3) is 11.3 Å². The number of allylic oxidation sites excluding steroid dienone is 2. The lowest BCUT2D eigenvalue weighted by Crippen LogP contribution is -2.11. The summed E-state index contributed by atoms with van der Waals surface area (Å²) in [6.07, 6.45) is 9.35. The Morgan fingerprint density at radius 1 is 1.03 bits per heavy atom. The normalized spacial score (nSPS) is 13.0. The summed E-state index contributed by atoms with van der Waals surface area (Å²) in [4.78, 5) is 11.6. The van der Waals surface area contributed by atoms with E-state index in [-0.39, 0.29) is 11.3 Å². The molecule has 2 N–H and O–H groups in total. The van der Waals surface area contributed by atoms with Crippen molar-refractivity contribution in [3.8, 4) is 34.3 Å². The minimum absolute atomic E-state index is 0.110. The first-order chi connectivity index (χ1) is 18.5. The van der Waals surface area contributed by atoms with Crippen LogP contribution in [0.5, 0.6) is 23.0 Å². The molecule has 1 aliphatic rings. The number of ether oxygens (including phenoxy) is 3. The van der Waals surface area contributed by atoms with Gasteiger partial charge in [0.05, 0.1) is 30.6 Å². The number of aryl methyl sites for hydroxylation is 1. The molecule has 38 heavy (non-hydrogen) atoms. The van der Waals surface area contributed by atoms with E-state index >= 15 is 0 Å². The van der Waals surface area contributed by atoms with Crippen LogP contribution in [0.4, 0.5) is 0 Å². The first-order valence-corrected chi connectivity index (χ1v) is 13.1. The van der Waals surface area contributed by atoms with Crippen molar-refractivity contribution in [2.24, 2.45) is 0 Å². The maximum absolute atomic E-state index is 11.6. The zero-order valence-corrected chi connectivity index (χ0v) is 21.9. The van der Waals surface area contributed by atoms with Gasteiger partial charge < -0.3 is 28.8 Å². The minimum Gasteiger partial charge on any atom is -0.507 e. The van der Waals surface area contributed by atoms with E-state index in [9.17, 15) is 15.0 Å². The van der Waals surface area contributed by atoms with Crippen LogP contribution < -0.4 is 14.2 Å². The number of hydrogen-bond donors (Lipinski definition) is 2. The van der Waals surface area contributed by atoms with Gasteiger partial charge in [-0.05, 0) is 61.2 Å².